The topological polar surface area (TPSA) is 149 Å². The van der Waals surface area contributed by atoms with E-state index >= 15 is 0 Å². The number of fused-ring (bicyclic) bond motifs is 1. The van der Waals surface area contributed by atoms with Crippen LogP contribution in [0.4, 0.5) is 19.1 Å². The molecule has 2 heterocycles. The Balaban J connectivity index is 1.26. The van der Waals surface area contributed by atoms with Gasteiger partial charge in [0.2, 0.25) is 0 Å². The molecule has 0 fully saturated rings. The van der Waals surface area contributed by atoms with Crippen molar-refractivity contribution in [3.05, 3.63) is 77.1 Å². The number of hydrogen-bond acceptors (Lipinski definition) is 6. The average molecular weight is 500 g/mol. The largest absolute Gasteiger partial charge is 0.471 e. The zero-order valence-corrected chi connectivity index (χ0v) is 18.6. The summed E-state index contributed by atoms with van der Waals surface area (Å²) in [5.74, 6) is -1.77. The summed E-state index contributed by atoms with van der Waals surface area (Å²) >= 11 is 0. The third kappa shape index (κ3) is 6.05. The minimum absolute atomic E-state index is 0.179. The fourth-order valence-electron chi connectivity index (χ4n) is 3.22. The number of H-pyrrole nitrogens is 2. The monoisotopic (exact) mass is 500 g/mol. The summed E-state index contributed by atoms with van der Waals surface area (Å²) in [6.45, 7) is 0.235. The molecule has 10 nitrogen and oxygen atoms in total. The number of rotatable bonds is 8. The van der Waals surface area contributed by atoms with Crippen LogP contribution in [0.25, 0.3) is 11.2 Å². The van der Waals surface area contributed by atoms with Crippen molar-refractivity contribution in [3.63, 3.8) is 0 Å². The highest BCUT2D eigenvalue weighted by molar-refractivity contribution is 5.94. The Bertz CT molecular complexity index is 1370. The van der Waals surface area contributed by atoms with Crippen LogP contribution in [-0.4, -0.2) is 32.9 Å². The van der Waals surface area contributed by atoms with Crippen molar-refractivity contribution in [1.29, 1.82) is 0 Å². The van der Waals surface area contributed by atoms with Crippen LogP contribution in [0, 0.1) is 0 Å². The van der Waals surface area contributed by atoms with Crippen LogP contribution in [0.2, 0.25) is 0 Å². The quantitative estimate of drug-likeness (QED) is 0.291. The molecule has 36 heavy (non-hydrogen) atoms. The Labute approximate surface area is 202 Å². The van der Waals surface area contributed by atoms with E-state index in [1.807, 2.05) is 24.3 Å². The third-order valence-corrected chi connectivity index (χ3v) is 5.10. The number of aromatic amines is 2. The van der Waals surface area contributed by atoms with E-state index in [9.17, 15) is 22.8 Å². The molecule has 4 rings (SSSR count). The van der Waals surface area contributed by atoms with Crippen molar-refractivity contribution in [2.24, 2.45) is 0 Å². The van der Waals surface area contributed by atoms with E-state index in [0.717, 1.165) is 11.1 Å². The van der Waals surface area contributed by atoms with E-state index in [0.29, 0.717) is 28.2 Å². The summed E-state index contributed by atoms with van der Waals surface area (Å²) in [5.41, 5.74) is 9.28. The fraction of sp³-hybridized carbons (Fsp3) is 0.174. The van der Waals surface area contributed by atoms with Crippen molar-refractivity contribution >= 4 is 28.9 Å². The zero-order valence-electron chi connectivity index (χ0n) is 18.6. The molecule has 0 saturated heterocycles. The van der Waals surface area contributed by atoms with Crippen LogP contribution in [0.15, 0.2) is 54.9 Å². The fourth-order valence-corrected chi connectivity index (χ4v) is 3.22. The van der Waals surface area contributed by atoms with Crippen molar-refractivity contribution in [3.8, 4) is 5.88 Å². The van der Waals surface area contributed by atoms with Crippen LogP contribution < -0.4 is 26.1 Å². The predicted molar refractivity (Wildman–Crippen MR) is 121 cm³/mol. The molecule has 0 aliphatic rings. The van der Waals surface area contributed by atoms with E-state index in [1.165, 1.54) is 30.6 Å². The second-order valence-electron chi connectivity index (χ2n) is 7.72. The van der Waals surface area contributed by atoms with Gasteiger partial charge in [-0.1, -0.05) is 36.4 Å². The number of nitrogens with zero attached hydrogens (tertiary/aromatic N) is 2. The van der Waals surface area contributed by atoms with E-state index < -0.39 is 12.1 Å². The van der Waals surface area contributed by atoms with Crippen molar-refractivity contribution in [2.75, 3.05) is 5.73 Å². The van der Waals surface area contributed by atoms with Crippen LogP contribution in [0.5, 0.6) is 5.88 Å². The second-order valence-corrected chi connectivity index (χ2v) is 7.72. The zero-order chi connectivity index (χ0) is 25.7. The first-order valence-corrected chi connectivity index (χ1v) is 10.6. The molecule has 0 aliphatic carbocycles. The number of nitrogens with one attached hydrogen (secondary N) is 4. The summed E-state index contributed by atoms with van der Waals surface area (Å²) in [4.78, 5) is 37.2. The van der Waals surface area contributed by atoms with Crippen LogP contribution >= 0.6 is 0 Å². The maximum atomic E-state index is 12.4. The first-order chi connectivity index (χ1) is 17.2. The standard InChI is InChI=1S/C23H20F3N7O3/c24-23(25,26)21(35)29-10-14-5-7-16(8-6-14)19(34)28-9-13-1-3-15(4-2-13)11-36-20-17-18(31-12-30-17)32-22(27)33-20/h1-8,12H,9-11H2,(H,28,34)(H,29,35)(H3,27,30,31,32,33)/p+1. The molecule has 0 atom stereocenters. The maximum Gasteiger partial charge on any atom is 0.471 e. The molecule has 186 valence electrons. The van der Waals surface area contributed by atoms with E-state index in [1.54, 1.807) is 5.32 Å². The van der Waals surface area contributed by atoms with Gasteiger partial charge in [0.15, 0.2) is 5.52 Å². The summed E-state index contributed by atoms with van der Waals surface area (Å²) < 4.78 is 42.5. The smallest absolute Gasteiger partial charge is 0.461 e. The molecule has 13 heteroatoms. The Hall–Kier alpha value is -4.68. The number of hydrogen-bond donors (Lipinski definition) is 4. The van der Waals surface area contributed by atoms with E-state index in [-0.39, 0.29) is 31.6 Å². The highest BCUT2D eigenvalue weighted by Crippen LogP contribution is 2.18. The normalized spacial score (nSPS) is 11.3. The number of ether oxygens (including phenoxy) is 1. The third-order valence-electron chi connectivity index (χ3n) is 5.10. The molecule has 0 unspecified atom stereocenters. The molecule has 0 aliphatic heterocycles. The van der Waals surface area contributed by atoms with Gasteiger partial charge in [-0.3, -0.25) is 15.3 Å². The van der Waals surface area contributed by atoms with Gasteiger partial charge in [-0.25, -0.2) is 9.97 Å². The first kappa shape index (κ1) is 24.4. The molecule has 2 amide bonds. The molecule has 0 saturated carbocycles. The Morgan fingerprint density at radius 2 is 1.58 bits per heavy atom. The average Bonchev–Trinajstić information content (AvgIpc) is 3.33. The number of nitrogen functional groups attached to an aromatic ring is 1. The number of alkyl halides is 3. The number of anilines is 1. The number of aromatic nitrogens is 4. The molecule has 0 bridgehead atoms. The number of carbonyl (C=O) groups excluding carboxylic acids is 2. The number of benzene rings is 2. The molecule has 2 aromatic carbocycles. The lowest BCUT2D eigenvalue weighted by molar-refractivity contribution is -0.380. The summed E-state index contributed by atoms with van der Waals surface area (Å²) in [7, 11) is 0. The SMILES string of the molecule is Nc1nc2nc[nH]c2c(OCc2ccc(CNC(=O)c3ccc(CNC(=O)C(F)(F)F)cc3)cc2)[nH+]1. The molecule has 0 radical (unpaired) electrons. The Morgan fingerprint density at radius 3 is 2.25 bits per heavy atom. The Kier molecular flexibility index (Phi) is 6.99. The Morgan fingerprint density at radius 1 is 0.972 bits per heavy atom. The predicted octanol–water partition coefficient (Wildman–Crippen LogP) is 2.04. The highest BCUT2D eigenvalue weighted by Gasteiger charge is 2.38. The molecular weight excluding hydrogens is 479 g/mol. The van der Waals surface area contributed by atoms with Crippen LogP contribution in [-0.2, 0) is 24.5 Å². The van der Waals surface area contributed by atoms with Crippen molar-refractivity contribution in [1.82, 2.24) is 25.6 Å². The first-order valence-electron chi connectivity index (χ1n) is 10.6. The molecule has 2 aromatic heterocycles. The number of halogens is 3. The lowest BCUT2D eigenvalue weighted by Crippen LogP contribution is -2.36. The molecule has 4 aromatic rings. The van der Waals surface area contributed by atoms with Gasteiger partial charge < -0.3 is 20.4 Å². The van der Waals surface area contributed by atoms with Gasteiger partial charge >= 0.3 is 18.0 Å². The van der Waals surface area contributed by atoms with Gasteiger partial charge in [0.05, 0.1) is 6.33 Å². The van der Waals surface area contributed by atoms with Gasteiger partial charge in [0.1, 0.15) is 6.61 Å². The van der Waals surface area contributed by atoms with Gasteiger partial charge in [-0.05, 0) is 33.8 Å². The number of nitrogens with two attached hydrogens (primary N) is 1. The van der Waals surface area contributed by atoms with Crippen LogP contribution in [0.1, 0.15) is 27.0 Å². The van der Waals surface area contributed by atoms with Gasteiger partial charge in [0.25, 0.3) is 17.4 Å². The molecular formula is C23H21F3N7O3+. The van der Waals surface area contributed by atoms with E-state index in [4.69, 9.17) is 10.5 Å². The van der Waals surface area contributed by atoms with Crippen LogP contribution in [0.3, 0.4) is 0 Å². The summed E-state index contributed by atoms with van der Waals surface area (Å²) in [5, 5.41) is 4.56. The molecule has 0 spiro atoms. The minimum atomic E-state index is -4.94. The van der Waals surface area contributed by atoms with E-state index in [2.05, 4.69) is 25.3 Å². The van der Waals surface area contributed by atoms with Gasteiger partial charge in [-0.15, -0.1) is 0 Å². The highest BCUT2D eigenvalue weighted by atomic mass is 19.4. The van der Waals surface area contributed by atoms with Crippen molar-refractivity contribution in [2.45, 2.75) is 25.9 Å². The van der Waals surface area contributed by atoms with Crippen molar-refractivity contribution < 1.29 is 32.5 Å². The lowest BCUT2D eigenvalue weighted by atomic mass is 10.1. The number of carbonyl (C=O) groups is 2. The number of amides is 2. The summed E-state index contributed by atoms with van der Waals surface area (Å²) in [6.07, 6.45) is -3.45. The number of imidazole rings is 1. The lowest BCUT2D eigenvalue weighted by Gasteiger charge is -2.09. The van der Waals surface area contributed by atoms with Gasteiger partial charge in [0, 0.05) is 18.7 Å². The maximum absolute atomic E-state index is 12.4. The molecule has 6 N–H and O–H groups in total. The second kappa shape index (κ2) is 10.3. The summed E-state index contributed by atoms with van der Waals surface area (Å²) in [6, 6.07) is 13.3. The minimum Gasteiger partial charge on any atom is -0.461 e. The van der Waals surface area contributed by atoms with Gasteiger partial charge in [-0.2, -0.15) is 13.2 Å².